The molecule has 0 aliphatic rings. The molecule has 1 unspecified atom stereocenters. The van der Waals surface area contributed by atoms with Crippen LogP contribution in [0.3, 0.4) is 0 Å². The number of hydrogen-bond acceptors (Lipinski definition) is 1. The molecule has 0 aromatic rings. The minimum Gasteiger partial charge on any atom is -0.295 e. The van der Waals surface area contributed by atoms with Crippen molar-refractivity contribution in [1.29, 1.82) is 0 Å². The van der Waals surface area contributed by atoms with E-state index in [0.717, 1.165) is 12.8 Å². The van der Waals surface area contributed by atoms with Gasteiger partial charge in [-0.3, -0.25) is 4.79 Å². The summed E-state index contributed by atoms with van der Waals surface area (Å²) in [6.07, 6.45) is 6.84. The van der Waals surface area contributed by atoms with E-state index in [9.17, 15) is 4.79 Å². The molecule has 0 aromatic heterocycles. The van der Waals surface area contributed by atoms with Gasteiger partial charge in [0.05, 0.1) is 0 Å². The van der Waals surface area contributed by atoms with E-state index in [4.69, 9.17) is 0 Å². The van der Waals surface area contributed by atoms with E-state index in [1.807, 2.05) is 19.9 Å². The lowest BCUT2D eigenvalue weighted by molar-refractivity contribution is -0.117. The summed E-state index contributed by atoms with van der Waals surface area (Å²) in [4.78, 5) is 11.2. The van der Waals surface area contributed by atoms with Crippen LogP contribution in [0.1, 0.15) is 40.0 Å². The Morgan fingerprint density at radius 2 is 2.18 bits per heavy atom. The Bertz CT molecular complexity index is 136. The van der Waals surface area contributed by atoms with Gasteiger partial charge in [0.25, 0.3) is 0 Å². The highest BCUT2D eigenvalue weighted by Gasteiger charge is 2.07. The van der Waals surface area contributed by atoms with Crippen LogP contribution >= 0.6 is 0 Å². The van der Waals surface area contributed by atoms with E-state index in [2.05, 4.69) is 6.92 Å². The fraction of sp³-hybridized carbons (Fsp3) is 0.700. The maximum Gasteiger partial charge on any atom is 0.158 e. The minimum atomic E-state index is 0.214. The van der Waals surface area contributed by atoms with Gasteiger partial charge in [-0.25, -0.2) is 0 Å². The van der Waals surface area contributed by atoms with Crippen molar-refractivity contribution in [1.82, 2.24) is 0 Å². The van der Waals surface area contributed by atoms with Crippen molar-refractivity contribution in [3.63, 3.8) is 0 Å². The molecule has 0 aliphatic carbocycles. The van der Waals surface area contributed by atoms with Crippen LogP contribution in [-0.4, -0.2) is 5.78 Å². The molecule has 1 atom stereocenters. The highest BCUT2D eigenvalue weighted by Crippen LogP contribution is 2.08. The third-order valence-corrected chi connectivity index (χ3v) is 1.81. The van der Waals surface area contributed by atoms with Crippen LogP contribution in [0.15, 0.2) is 12.2 Å². The van der Waals surface area contributed by atoms with E-state index >= 15 is 0 Å². The van der Waals surface area contributed by atoms with Gasteiger partial charge in [-0.15, -0.1) is 0 Å². The molecule has 0 fully saturated rings. The predicted octanol–water partition coefficient (Wildman–Crippen LogP) is 2.96. The molecule has 0 bridgehead atoms. The SMILES string of the molecule is C/C=C/C(=O)C(C)CCCC. The molecular weight excluding hydrogens is 136 g/mol. The van der Waals surface area contributed by atoms with Crippen molar-refractivity contribution in [3.8, 4) is 0 Å². The molecule has 1 nitrogen and oxygen atoms in total. The quantitative estimate of drug-likeness (QED) is 0.556. The van der Waals surface area contributed by atoms with Gasteiger partial charge in [0, 0.05) is 5.92 Å². The lowest BCUT2D eigenvalue weighted by Gasteiger charge is -2.04. The minimum absolute atomic E-state index is 0.214. The summed E-state index contributed by atoms with van der Waals surface area (Å²) in [5.74, 6) is 0.479. The molecular formula is C10H18O. The highest BCUT2D eigenvalue weighted by atomic mass is 16.1. The molecule has 0 saturated heterocycles. The van der Waals surface area contributed by atoms with Gasteiger partial charge >= 0.3 is 0 Å². The predicted molar refractivity (Wildman–Crippen MR) is 48.5 cm³/mol. The fourth-order valence-electron chi connectivity index (χ4n) is 0.981. The van der Waals surface area contributed by atoms with Crippen LogP contribution in [0, 0.1) is 5.92 Å². The van der Waals surface area contributed by atoms with Crippen LogP contribution in [0.4, 0.5) is 0 Å². The molecule has 0 rings (SSSR count). The van der Waals surface area contributed by atoms with Crippen molar-refractivity contribution in [2.24, 2.45) is 5.92 Å². The Kier molecular flexibility index (Phi) is 5.81. The summed E-state index contributed by atoms with van der Waals surface area (Å²) < 4.78 is 0. The van der Waals surface area contributed by atoms with Gasteiger partial charge < -0.3 is 0 Å². The second-order valence-corrected chi connectivity index (χ2v) is 2.95. The summed E-state index contributed by atoms with van der Waals surface area (Å²) in [5.41, 5.74) is 0. The van der Waals surface area contributed by atoms with E-state index in [-0.39, 0.29) is 11.7 Å². The Morgan fingerprint density at radius 3 is 2.64 bits per heavy atom. The highest BCUT2D eigenvalue weighted by molar-refractivity contribution is 5.91. The average molecular weight is 154 g/mol. The van der Waals surface area contributed by atoms with Crippen molar-refractivity contribution in [2.45, 2.75) is 40.0 Å². The number of unbranched alkanes of at least 4 members (excludes halogenated alkanes) is 1. The second kappa shape index (κ2) is 6.14. The van der Waals surface area contributed by atoms with Gasteiger partial charge in [0.1, 0.15) is 0 Å². The monoisotopic (exact) mass is 154 g/mol. The molecule has 11 heavy (non-hydrogen) atoms. The smallest absolute Gasteiger partial charge is 0.158 e. The zero-order chi connectivity index (χ0) is 8.69. The molecule has 0 saturated carbocycles. The second-order valence-electron chi connectivity index (χ2n) is 2.95. The number of ketones is 1. The van der Waals surface area contributed by atoms with Crippen LogP contribution in [0.5, 0.6) is 0 Å². The molecule has 1 heteroatoms. The zero-order valence-electron chi connectivity index (χ0n) is 7.76. The number of hydrogen-bond donors (Lipinski definition) is 0. The van der Waals surface area contributed by atoms with Crippen molar-refractivity contribution < 1.29 is 4.79 Å². The molecule has 0 heterocycles. The Morgan fingerprint density at radius 1 is 1.55 bits per heavy atom. The van der Waals surface area contributed by atoms with Gasteiger partial charge in [0.15, 0.2) is 5.78 Å². The average Bonchev–Trinajstić information content (AvgIpc) is 2.00. The van der Waals surface area contributed by atoms with Gasteiger partial charge in [-0.05, 0) is 19.4 Å². The van der Waals surface area contributed by atoms with Gasteiger partial charge in [-0.2, -0.15) is 0 Å². The molecule has 0 N–H and O–H groups in total. The Labute approximate surface area is 69.5 Å². The zero-order valence-corrected chi connectivity index (χ0v) is 7.76. The van der Waals surface area contributed by atoms with Crippen LogP contribution in [-0.2, 0) is 4.79 Å². The largest absolute Gasteiger partial charge is 0.295 e. The van der Waals surface area contributed by atoms with Crippen molar-refractivity contribution in [2.75, 3.05) is 0 Å². The Hall–Kier alpha value is -0.590. The van der Waals surface area contributed by atoms with Crippen LogP contribution in [0.2, 0.25) is 0 Å². The topological polar surface area (TPSA) is 17.1 Å². The van der Waals surface area contributed by atoms with Gasteiger partial charge in [0.2, 0.25) is 0 Å². The van der Waals surface area contributed by atoms with E-state index < -0.39 is 0 Å². The first-order valence-corrected chi connectivity index (χ1v) is 4.38. The summed E-state index contributed by atoms with van der Waals surface area (Å²) in [6.45, 7) is 6.02. The molecule has 64 valence electrons. The summed E-state index contributed by atoms with van der Waals surface area (Å²) in [6, 6.07) is 0. The van der Waals surface area contributed by atoms with E-state index in [0.29, 0.717) is 0 Å². The maximum atomic E-state index is 11.2. The molecule has 0 amide bonds. The number of rotatable bonds is 5. The van der Waals surface area contributed by atoms with Gasteiger partial charge in [-0.1, -0.05) is 32.8 Å². The summed E-state index contributed by atoms with van der Waals surface area (Å²) in [7, 11) is 0. The first-order valence-electron chi connectivity index (χ1n) is 4.38. The van der Waals surface area contributed by atoms with Crippen molar-refractivity contribution in [3.05, 3.63) is 12.2 Å². The maximum absolute atomic E-state index is 11.2. The number of carbonyl (C=O) groups excluding carboxylic acids is 1. The lowest BCUT2D eigenvalue weighted by atomic mass is 9.99. The molecule has 0 spiro atoms. The molecule has 0 aliphatic heterocycles. The standard InChI is InChI=1S/C10H18O/c1-4-6-8-9(3)10(11)7-5-2/h5,7,9H,4,6,8H2,1-3H3/b7-5+. The van der Waals surface area contributed by atoms with Crippen molar-refractivity contribution >= 4 is 5.78 Å². The Balaban J connectivity index is 3.64. The normalized spacial score (nSPS) is 13.7. The fourth-order valence-corrected chi connectivity index (χ4v) is 0.981. The van der Waals surface area contributed by atoms with E-state index in [1.54, 1.807) is 6.08 Å². The summed E-state index contributed by atoms with van der Waals surface area (Å²) in [5, 5.41) is 0. The lowest BCUT2D eigenvalue weighted by Crippen LogP contribution is -2.07. The summed E-state index contributed by atoms with van der Waals surface area (Å²) >= 11 is 0. The first kappa shape index (κ1) is 10.4. The number of carbonyl (C=O) groups is 1. The molecule has 0 aromatic carbocycles. The third-order valence-electron chi connectivity index (χ3n) is 1.81. The van der Waals surface area contributed by atoms with Crippen LogP contribution < -0.4 is 0 Å². The number of allylic oxidation sites excluding steroid dienone is 2. The van der Waals surface area contributed by atoms with E-state index in [1.165, 1.54) is 6.42 Å². The first-order chi connectivity index (χ1) is 5.22. The van der Waals surface area contributed by atoms with Crippen LogP contribution in [0.25, 0.3) is 0 Å². The third kappa shape index (κ3) is 4.77. The molecule has 0 radical (unpaired) electrons.